The summed E-state index contributed by atoms with van der Waals surface area (Å²) in [6, 6.07) is -0.517. The number of nitrogens with one attached hydrogen (secondary N) is 1. The highest BCUT2D eigenvalue weighted by Gasteiger charge is 2.24. The summed E-state index contributed by atoms with van der Waals surface area (Å²) in [5, 5.41) is 17.6. The van der Waals surface area contributed by atoms with Crippen molar-refractivity contribution in [3.8, 4) is 0 Å². The van der Waals surface area contributed by atoms with E-state index in [4.69, 9.17) is 0 Å². The first-order valence-corrected chi connectivity index (χ1v) is 5.77. The fourth-order valence-electron chi connectivity index (χ4n) is 1.90. The number of rotatable bonds is 3. The number of nitrogens with zero attached hydrogens (tertiary/aromatic N) is 4. The Morgan fingerprint density at radius 2 is 2.22 bits per heavy atom. The average molecular weight is 253 g/mol. The molecule has 2 heterocycles. The molecule has 8 nitrogen and oxygen atoms in total. The van der Waals surface area contributed by atoms with Crippen molar-refractivity contribution in [2.75, 3.05) is 26.2 Å². The van der Waals surface area contributed by atoms with Crippen LogP contribution in [-0.2, 0) is 4.79 Å². The molecule has 0 saturated carbocycles. The molecule has 1 fully saturated rings. The fourth-order valence-corrected chi connectivity index (χ4v) is 1.90. The Hall–Kier alpha value is -1.96. The van der Waals surface area contributed by atoms with Gasteiger partial charge in [-0.15, -0.1) is 0 Å². The standard InChI is InChI=1S/C10H15N5O3/c1-8(10(16)13-4-2-11-3-5-13)14-7-9(6-12-14)15(17)18/h6-8,11H,2-5H2,1H3. The van der Waals surface area contributed by atoms with Crippen molar-refractivity contribution in [1.82, 2.24) is 20.0 Å². The highest BCUT2D eigenvalue weighted by Crippen LogP contribution is 2.15. The van der Waals surface area contributed by atoms with Gasteiger partial charge in [-0.1, -0.05) is 0 Å². The number of carbonyl (C=O) groups excluding carboxylic acids is 1. The Morgan fingerprint density at radius 1 is 1.56 bits per heavy atom. The average Bonchev–Trinajstić information content (AvgIpc) is 2.88. The molecule has 1 N–H and O–H groups in total. The summed E-state index contributed by atoms with van der Waals surface area (Å²) in [4.78, 5) is 23.9. The second kappa shape index (κ2) is 5.13. The van der Waals surface area contributed by atoms with Gasteiger partial charge in [0, 0.05) is 26.2 Å². The Morgan fingerprint density at radius 3 is 2.78 bits per heavy atom. The number of amides is 1. The number of carbonyl (C=O) groups is 1. The first-order chi connectivity index (χ1) is 8.59. The Labute approximate surface area is 104 Å². The third kappa shape index (κ3) is 2.48. The third-order valence-corrected chi connectivity index (χ3v) is 2.98. The molecule has 2 rings (SSSR count). The molecule has 1 amide bonds. The fraction of sp³-hybridized carbons (Fsp3) is 0.600. The molecule has 18 heavy (non-hydrogen) atoms. The molecular formula is C10H15N5O3. The molecular weight excluding hydrogens is 238 g/mol. The third-order valence-electron chi connectivity index (χ3n) is 2.98. The summed E-state index contributed by atoms with van der Waals surface area (Å²) in [5.74, 6) is -0.0607. The van der Waals surface area contributed by atoms with Crippen molar-refractivity contribution in [2.45, 2.75) is 13.0 Å². The summed E-state index contributed by atoms with van der Waals surface area (Å²) in [6.45, 7) is 4.57. The Bertz CT molecular complexity index is 452. The number of nitro groups is 1. The van der Waals surface area contributed by atoms with Crippen LogP contribution in [0.2, 0.25) is 0 Å². The van der Waals surface area contributed by atoms with Crippen LogP contribution in [0, 0.1) is 10.1 Å². The molecule has 0 aliphatic carbocycles. The number of piperazine rings is 1. The van der Waals surface area contributed by atoms with Crippen LogP contribution in [0.5, 0.6) is 0 Å². The predicted molar refractivity (Wildman–Crippen MR) is 63.0 cm³/mol. The molecule has 1 aromatic heterocycles. The van der Waals surface area contributed by atoms with Crippen molar-refractivity contribution in [2.24, 2.45) is 0 Å². The second-order valence-corrected chi connectivity index (χ2v) is 4.19. The van der Waals surface area contributed by atoms with Gasteiger partial charge in [0.25, 0.3) is 0 Å². The zero-order chi connectivity index (χ0) is 13.1. The maximum atomic E-state index is 12.1. The molecule has 98 valence electrons. The van der Waals surface area contributed by atoms with Gasteiger partial charge in [-0.25, -0.2) is 0 Å². The van der Waals surface area contributed by atoms with Gasteiger partial charge in [0.05, 0.1) is 4.92 Å². The lowest BCUT2D eigenvalue weighted by molar-refractivity contribution is -0.385. The van der Waals surface area contributed by atoms with Crippen molar-refractivity contribution >= 4 is 11.6 Å². The lowest BCUT2D eigenvalue weighted by Gasteiger charge is -2.29. The normalized spacial score (nSPS) is 17.5. The molecule has 1 aromatic rings. The maximum absolute atomic E-state index is 12.1. The van der Waals surface area contributed by atoms with Crippen LogP contribution in [0.3, 0.4) is 0 Å². The summed E-state index contributed by atoms with van der Waals surface area (Å²) in [7, 11) is 0. The summed E-state index contributed by atoms with van der Waals surface area (Å²) in [5.41, 5.74) is -0.102. The predicted octanol–water partition coefficient (Wildman–Crippen LogP) is -0.216. The van der Waals surface area contributed by atoms with Gasteiger partial charge in [-0.3, -0.25) is 19.6 Å². The topological polar surface area (TPSA) is 93.3 Å². The zero-order valence-electron chi connectivity index (χ0n) is 10.1. The summed E-state index contributed by atoms with van der Waals surface area (Å²) < 4.78 is 1.34. The largest absolute Gasteiger partial charge is 0.338 e. The first-order valence-electron chi connectivity index (χ1n) is 5.77. The van der Waals surface area contributed by atoms with Crippen molar-refractivity contribution in [3.05, 3.63) is 22.5 Å². The lowest BCUT2D eigenvalue weighted by Crippen LogP contribution is -2.48. The van der Waals surface area contributed by atoms with E-state index in [9.17, 15) is 14.9 Å². The van der Waals surface area contributed by atoms with E-state index < -0.39 is 11.0 Å². The molecule has 8 heteroatoms. The van der Waals surface area contributed by atoms with Gasteiger partial charge < -0.3 is 10.2 Å². The van der Waals surface area contributed by atoms with E-state index in [1.165, 1.54) is 10.9 Å². The maximum Gasteiger partial charge on any atom is 0.307 e. The number of hydrogen-bond acceptors (Lipinski definition) is 5. The highest BCUT2D eigenvalue weighted by molar-refractivity contribution is 5.80. The summed E-state index contributed by atoms with van der Waals surface area (Å²) in [6.07, 6.45) is 2.44. The van der Waals surface area contributed by atoms with Gasteiger partial charge in [-0.05, 0) is 6.92 Å². The number of aromatic nitrogens is 2. The SMILES string of the molecule is CC(C(=O)N1CCNCC1)n1cc([N+](=O)[O-])cn1. The van der Waals surface area contributed by atoms with Gasteiger partial charge >= 0.3 is 5.69 Å². The molecule has 0 spiro atoms. The molecule has 1 atom stereocenters. The van der Waals surface area contributed by atoms with E-state index in [0.29, 0.717) is 13.1 Å². The van der Waals surface area contributed by atoms with E-state index in [2.05, 4.69) is 10.4 Å². The van der Waals surface area contributed by atoms with Gasteiger partial charge in [-0.2, -0.15) is 5.10 Å². The molecule has 0 bridgehead atoms. The van der Waals surface area contributed by atoms with E-state index in [1.54, 1.807) is 11.8 Å². The molecule has 1 saturated heterocycles. The van der Waals surface area contributed by atoms with Crippen molar-refractivity contribution < 1.29 is 9.72 Å². The van der Waals surface area contributed by atoms with Gasteiger partial charge in [0.2, 0.25) is 5.91 Å². The molecule has 1 aliphatic rings. The van der Waals surface area contributed by atoms with Crippen molar-refractivity contribution in [3.63, 3.8) is 0 Å². The van der Waals surface area contributed by atoms with Crippen LogP contribution < -0.4 is 5.32 Å². The molecule has 1 unspecified atom stereocenters. The van der Waals surface area contributed by atoms with Crippen molar-refractivity contribution in [1.29, 1.82) is 0 Å². The van der Waals surface area contributed by atoms with Crippen LogP contribution >= 0.6 is 0 Å². The van der Waals surface area contributed by atoms with E-state index in [0.717, 1.165) is 19.3 Å². The first kappa shape index (κ1) is 12.5. The van der Waals surface area contributed by atoms with E-state index in [-0.39, 0.29) is 11.6 Å². The lowest BCUT2D eigenvalue weighted by atomic mass is 10.2. The van der Waals surface area contributed by atoms with Crippen LogP contribution in [0.4, 0.5) is 5.69 Å². The monoisotopic (exact) mass is 253 g/mol. The van der Waals surface area contributed by atoms with Crippen LogP contribution in [0.25, 0.3) is 0 Å². The molecule has 0 aromatic carbocycles. The smallest absolute Gasteiger partial charge is 0.307 e. The van der Waals surface area contributed by atoms with Gasteiger partial charge in [0.15, 0.2) is 0 Å². The minimum Gasteiger partial charge on any atom is -0.338 e. The molecule has 0 radical (unpaired) electrons. The minimum absolute atomic E-state index is 0.0607. The summed E-state index contributed by atoms with van der Waals surface area (Å²) >= 11 is 0. The van der Waals surface area contributed by atoms with E-state index >= 15 is 0 Å². The quantitative estimate of drug-likeness (QED) is 0.594. The van der Waals surface area contributed by atoms with Crippen LogP contribution in [0.1, 0.15) is 13.0 Å². The second-order valence-electron chi connectivity index (χ2n) is 4.19. The molecule has 1 aliphatic heterocycles. The Kier molecular flexibility index (Phi) is 3.56. The zero-order valence-corrected chi connectivity index (χ0v) is 10.1. The van der Waals surface area contributed by atoms with E-state index in [1.807, 2.05) is 0 Å². The van der Waals surface area contributed by atoms with Gasteiger partial charge in [0.1, 0.15) is 18.4 Å². The van der Waals surface area contributed by atoms with Crippen LogP contribution in [0.15, 0.2) is 12.4 Å². The minimum atomic E-state index is -0.522. The van der Waals surface area contributed by atoms with Crippen LogP contribution in [-0.4, -0.2) is 51.7 Å². The number of hydrogen-bond donors (Lipinski definition) is 1. The highest BCUT2D eigenvalue weighted by atomic mass is 16.6. The Balaban J connectivity index is 2.06.